The summed E-state index contributed by atoms with van der Waals surface area (Å²) >= 11 is 1.82. The lowest BCUT2D eigenvalue weighted by molar-refractivity contribution is -0.00523. The van der Waals surface area contributed by atoms with E-state index in [1.807, 2.05) is 18.4 Å². The second-order valence-electron chi connectivity index (χ2n) is 6.71. The summed E-state index contributed by atoms with van der Waals surface area (Å²) in [4.78, 5) is 8.66. The Morgan fingerprint density at radius 3 is 2.40 bits per heavy atom. The van der Waals surface area contributed by atoms with Gasteiger partial charge in [0, 0.05) is 29.9 Å². The predicted octanol–water partition coefficient (Wildman–Crippen LogP) is 2.77. The van der Waals surface area contributed by atoms with Gasteiger partial charge in [0.25, 0.3) is 0 Å². The van der Waals surface area contributed by atoms with Gasteiger partial charge in [-0.15, -0.1) is 11.3 Å². The standard InChI is InChI=1S/C15H27N3OS/c1-10-8-18(9-11(2)19-10)14-17-13(15(3,4)5)12(20-14)7-16-6/h10-11,16H,7-9H2,1-6H3. The maximum atomic E-state index is 5.81. The van der Waals surface area contributed by atoms with E-state index >= 15 is 0 Å². The molecule has 0 aromatic carbocycles. The van der Waals surface area contributed by atoms with Gasteiger partial charge in [0.05, 0.1) is 17.9 Å². The van der Waals surface area contributed by atoms with Crippen molar-refractivity contribution in [2.45, 2.75) is 58.8 Å². The van der Waals surface area contributed by atoms with Crippen LogP contribution in [0.3, 0.4) is 0 Å². The Hall–Kier alpha value is -0.650. The Balaban J connectivity index is 2.28. The molecule has 5 heteroatoms. The van der Waals surface area contributed by atoms with Crippen LogP contribution >= 0.6 is 11.3 Å². The van der Waals surface area contributed by atoms with Crippen LogP contribution < -0.4 is 10.2 Å². The summed E-state index contributed by atoms with van der Waals surface area (Å²) in [6.07, 6.45) is 0.543. The zero-order valence-electron chi connectivity index (χ0n) is 13.5. The van der Waals surface area contributed by atoms with Crippen molar-refractivity contribution < 1.29 is 4.74 Å². The molecule has 114 valence electrons. The first kappa shape index (κ1) is 15.7. The molecule has 0 spiro atoms. The lowest BCUT2D eigenvalue weighted by atomic mass is 9.91. The van der Waals surface area contributed by atoms with E-state index in [1.54, 1.807) is 0 Å². The van der Waals surface area contributed by atoms with Crippen LogP contribution in [0.15, 0.2) is 0 Å². The average Bonchev–Trinajstić information content (AvgIpc) is 2.72. The highest BCUT2D eigenvalue weighted by Gasteiger charge is 2.28. The minimum absolute atomic E-state index is 0.0878. The number of hydrogen-bond acceptors (Lipinski definition) is 5. The van der Waals surface area contributed by atoms with Gasteiger partial charge in [-0.05, 0) is 20.9 Å². The molecule has 2 rings (SSSR count). The van der Waals surface area contributed by atoms with Gasteiger partial charge in [-0.25, -0.2) is 4.98 Å². The van der Waals surface area contributed by atoms with E-state index in [9.17, 15) is 0 Å². The summed E-state index contributed by atoms with van der Waals surface area (Å²) in [7, 11) is 1.99. The molecule has 20 heavy (non-hydrogen) atoms. The third-order valence-electron chi connectivity index (χ3n) is 3.42. The van der Waals surface area contributed by atoms with E-state index in [0.29, 0.717) is 0 Å². The number of anilines is 1. The van der Waals surface area contributed by atoms with Gasteiger partial charge in [0.1, 0.15) is 0 Å². The Morgan fingerprint density at radius 2 is 1.90 bits per heavy atom. The molecule has 0 aliphatic carbocycles. The molecule has 0 saturated carbocycles. The van der Waals surface area contributed by atoms with Crippen LogP contribution in [-0.2, 0) is 16.7 Å². The van der Waals surface area contributed by atoms with Gasteiger partial charge in [-0.2, -0.15) is 0 Å². The van der Waals surface area contributed by atoms with Crippen LogP contribution in [0.1, 0.15) is 45.2 Å². The van der Waals surface area contributed by atoms with Crippen LogP contribution in [0.2, 0.25) is 0 Å². The predicted molar refractivity (Wildman–Crippen MR) is 85.8 cm³/mol. The van der Waals surface area contributed by atoms with Crippen molar-refractivity contribution in [3.63, 3.8) is 0 Å². The van der Waals surface area contributed by atoms with E-state index in [4.69, 9.17) is 9.72 Å². The minimum Gasteiger partial charge on any atom is -0.372 e. The molecule has 2 unspecified atom stereocenters. The third kappa shape index (κ3) is 3.51. The topological polar surface area (TPSA) is 37.4 Å². The second kappa shape index (κ2) is 6.00. The first-order valence-corrected chi connectivity index (χ1v) is 8.18. The molecule has 1 aliphatic heterocycles. The van der Waals surface area contributed by atoms with Gasteiger partial charge >= 0.3 is 0 Å². The van der Waals surface area contributed by atoms with Crippen molar-refractivity contribution >= 4 is 16.5 Å². The number of rotatable bonds is 3. The fourth-order valence-corrected chi connectivity index (χ4v) is 3.98. The number of aromatic nitrogens is 1. The van der Waals surface area contributed by atoms with E-state index in [2.05, 4.69) is 44.8 Å². The summed E-state index contributed by atoms with van der Waals surface area (Å²) < 4.78 is 5.81. The molecule has 0 amide bonds. The summed E-state index contributed by atoms with van der Waals surface area (Å²) in [6, 6.07) is 0. The lowest BCUT2D eigenvalue weighted by Gasteiger charge is -2.35. The third-order valence-corrected chi connectivity index (χ3v) is 4.54. The normalized spacial score (nSPS) is 24.2. The van der Waals surface area contributed by atoms with Crippen molar-refractivity contribution in [1.82, 2.24) is 10.3 Å². The highest BCUT2D eigenvalue weighted by atomic mass is 32.1. The van der Waals surface area contributed by atoms with Crippen LogP contribution in [0, 0.1) is 0 Å². The molecule has 1 aliphatic rings. The maximum absolute atomic E-state index is 5.81. The maximum Gasteiger partial charge on any atom is 0.186 e. The molecular weight excluding hydrogens is 270 g/mol. The smallest absolute Gasteiger partial charge is 0.186 e. The fraction of sp³-hybridized carbons (Fsp3) is 0.800. The monoisotopic (exact) mass is 297 g/mol. The Labute approximate surface area is 126 Å². The summed E-state index contributed by atoms with van der Waals surface area (Å²) in [5, 5.41) is 4.40. The largest absolute Gasteiger partial charge is 0.372 e. The minimum atomic E-state index is 0.0878. The molecule has 0 radical (unpaired) electrons. The molecule has 1 fully saturated rings. The zero-order chi connectivity index (χ0) is 14.9. The second-order valence-corrected chi connectivity index (χ2v) is 7.77. The first-order chi connectivity index (χ1) is 9.31. The molecule has 0 bridgehead atoms. The van der Waals surface area contributed by atoms with E-state index in [1.165, 1.54) is 10.6 Å². The van der Waals surface area contributed by atoms with E-state index < -0.39 is 0 Å². The van der Waals surface area contributed by atoms with Gasteiger partial charge in [0.2, 0.25) is 0 Å². The Kier molecular flexibility index (Phi) is 4.72. The highest BCUT2D eigenvalue weighted by Crippen LogP contribution is 2.34. The SMILES string of the molecule is CNCc1sc(N2CC(C)OC(C)C2)nc1C(C)(C)C. The molecule has 1 aromatic heterocycles. The Morgan fingerprint density at radius 1 is 1.30 bits per heavy atom. The number of morpholine rings is 1. The lowest BCUT2D eigenvalue weighted by Crippen LogP contribution is -2.45. The van der Waals surface area contributed by atoms with Crippen LogP contribution in [0.4, 0.5) is 5.13 Å². The van der Waals surface area contributed by atoms with Crippen molar-refractivity contribution in [2.24, 2.45) is 0 Å². The fourth-order valence-electron chi connectivity index (χ4n) is 2.68. The molecule has 2 heterocycles. The van der Waals surface area contributed by atoms with Gasteiger partial charge in [-0.1, -0.05) is 20.8 Å². The molecule has 1 aromatic rings. The number of ether oxygens (including phenoxy) is 1. The van der Waals surface area contributed by atoms with E-state index in [0.717, 1.165) is 24.8 Å². The van der Waals surface area contributed by atoms with Crippen molar-refractivity contribution in [3.8, 4) is 0 Å². The van der Waals surface area contributed by atoms with Gasteiger partial charge in [0.15, 0.2) is 5.13 Å². The number of nitrogens with one attached hydrogen (secondary N) is 1. The molecule has 2 atom stereocenters. The Bertz CT molecular complexity index is 442. The number of thiazole rings is 1. The number of nitrogens with zero attached hydrogens (tertiary/aromatic N) is 2. The summed E-state index contributed by atoms with van der Waals surface area (Å²) in [5.41, 5.74) is 1.31. The number of hydrogen-bond donors (Lipinski definition) is 1. The molecule has 1 N–H and O–H groups in total. The van der Waals surface area contributed by atoms with Crippen molar-refractivity contribution in [1.29, 1.82) is 0 Å². The summed E-state index contributed by atoms with van der Waals surface area (Å²) in [5.74, 6) is 0. The van der Waals surface area contributed by atoms with Gasteiger partial charge in [-0.3, -0.25) is 0 Å². The molecular formula is C15H27N3OS. The van der Waals surface area contributed by atoms with Crippen molar-refractivity contribution in [3.05, 3.63) is 10.6 Å². The van der Waals surface area contributed by atoms with Gasteiger partial charge < -0.3 is 15.0 Å². The molecule has 4 nitrogen and oxygen atoms in total. The highest BCUT2D eigenvalue weighted by molar-refractivity contribution is 7.15. The van der Waals surface area contributed by atoms with Crippen molar-refractivity contribution in [2.75, 3.05) is 25.0 Å². The van der Waals surface area contributed by atoms with Crippen LogP contribution in [0.5, 0.6) is 0 Å². The zero-order valence-corrected chi connectivity index (χ0v) is 14.3. The quantitative estimate of drug-likeness (QED) is 0.931. The molecule has 1 saturated heterocycles. The van der Waals surface area contributed by atoms with Crippen LogP contribution in [0.25, 0.3) is 0 Å². The van der Waals surface area contributed by atoms with E-state index in [-0.39, 0.29) is 17.6 Å². The summed E-state index contributed by atoms with van der Waals surface area (Å²) in [6.45, 7) is 13.7. The van der Waals surface area contributed by atoms with Crippen LogP contribution in [-0.4, -0.2) is 37.3 Å². The first-order valence-electron chi connectivity index (χ1n) is 7.36. The average molecular weight is 297 g/mol.